The van der Waals surface area contributed by atoms with Crippen molar-refractivity contribution in [3.8, 4) is 0 Å². The maximum Gasteiger partial charge on any atom is 0.222 e. The first-order valence-corrected chi connectivity index (χ1v) is 7.51. The number of hydrogen-bond acceptors (Lipinski definition) is 3. The van der Waals surface area contributed by atoms with Crippen LogP contribution in [0, 0.1) is 5.92 Å². The molecule has 0 aliphatic carbocycles. The molecule has 0 saturated carbocycles. The Kier molecular flexibility index (Phi) is 5.81. The van der Waals surface area contributed by atoms with Crippen LogP contribution in [0.15, 0.2) is 0 Å². The second-order valence-electron chi connectivity index (χ2n) is 7.08. The Morgan fingerprint density at radius 1 is 1.42 bits per heavy atom. The van der Waals surface area contributed by atoms with E-state index in [0.29, 0.717) is 24.9 Å². The zero-order valence-corrected chi connectivity index (χ0v) is 13.2. The fraction of sp³-hybridized carbons (Fsp3) is 0.933. The van der Waals surface area contributed by atoms with E-state index in [9.17, 15) is 4.79 Å². The predicted molar refractivity (Wildman–Crippen MR) is 79.9 cm³/mol. The number of amides is 1. The molecule has 0 aromatic heterocycles. The second kappa shape index (κ2) is 6.71. The van der Waals surface area contributed by atoms with Gasteiger partial charge in [-0.3, -0.25) is 9.69 Å². The average Bonchev–Trinajstić information content (AvgIpc) is 2.72. The van der Waals surface area contributed by atoms with E-state index in [1.165, 1.54) is 12.8 Å². The maximum atomic E-state index is 12.1. The Hall–Kier alpha value is -0.610. The first kappa shape index (κ1) is 16.4. The van der Waals surface area contributed by atoms with Crippen LogP contribution in [0.5, 0.6) is 0 Å². The van der Waals surface area contributed by atoms with Gasteiger partial charge in [0.1, 0.15) is 0 Å². The molecular weight excluding hydrogens is 238 g/mol. The van der Waals surface area contributed by atoms with Crippen molar-refractivity contribution in [1.29, 1.82) is 0 Å². The minimum absolute atomic E-state index is 0.109. The van der Waals surface area contributed by atoms with E-state index in [2.05, 4.69) is 24.1 Å². The van der Waals surface area contributed by atoms with E-state index in [1.54, 1.807) is 0 Å². The molecule has 0 bridgehead atoms. The van der Waals surface area contributed by atoms with Gasteiger partial charge in [-0.2, -0.15) is 0 Å². The highest BCUT2D eigenvalue weighted by Crippen LogP contribution is 2.26. The summed E-state index contributed by atoms with van der Waals surface area (Å²) in [5.41, 5.74) is 5.74. The standard InChI is InChI=1S/C15H31N3O/c1-11(2)13-7-6-8-18(13)12(10-16)9-14(19)17-15(3,4)5/h11-13H,6-10,16H2,1-5H3,(H,17,19). The summed E-state index contributed by atoms with van der Waals surface area (Å²) in [5, 5.41) is 3.03. The summed E-state index contributed by atoms with van der Waals surface area (Å²) in [7, 11) is 0. The van der Waals surface area contributed by atoms with Gasteiger partial charge in [-0.25, -0.2) is 0 Å². The van der Waals surface area contributed by atoms with Crippen LogP contribution in [0.3, 0.4) is 0 Å². The third-order valence-electron chi connectivity index (χ3n) is 3.79. The van der Waals surface area contributed by atoms with Gasteiger partial charge in [0.25, 0.3) is 0 Å². The summed E-state index contributed by atoms with van der Waals surface area (Å²) in [6.07, 6.45) is 2.96. The van der Waals surface area contributed by atoms with Crippen LogP contribution in [0.1, 0.15) is 53.9 Å². The number of nitrogens with zero attached hydrogens (tertiary/aromatic N) is 1. The molecule has 112 valence electrons. The van der Waals surface area contributed by atoms with Crippen LogP contribution in [-0.4, -0.2) is 41.5 Å². The molecule has 4 heteroatoms. The van der Waals surface area contributed by atoms with Crippen molar-refractivity contribution in [3.63, 3.8) is 0 Å². The van der Waals surface area contributed by atoms with Crippen LogP contribution >= 0.6 is 0 Å². The number of nitrogens with one attached hydrogen (secondary N) is 1. The normalized spacial score (nSPS) is 22.8. The lowest BCUT2D eigenvalue weighted by molar-refractivity contribution is -0.123. The maximum absolute atomic E-state index is 12.1. The second-order valence-corrected chi connectivity index (χ2v) is 7.08. The number of hydrogen-bond donors (Lipinski definition) is 2. The highest BCUT2D eigenvalue weighted by molar-refractivity contribution is 5.77. The quantitative estimate of drug-likeness (QED) is 0.799. The fourth-order valence-electron chi connectivity index (χ4n) is 3.00. The van der Waals surface area contributed by atoms with Gasteiger partial charge in [0.15, 0.2) is 0 Å². The molecule has 1 amide bonds. The SMILES string of the molecule is CC(C)C1CCCN1C(CN)CC(=O)NC(C)(C)C. The number of carbonyl (C=O) groups is 1. The number of carbonyl (C=O) groups excluding carboxylic acids is 1. The molecule has 1 aliphatic rings. The number of likely N-dealkylation sites (tertiary alicyclic amines) is 1. The molecule has 4 nitrogen and oxygen atoms in total. The Bertz CT molecular complexity index is 296. The van der Waals surface area contributed by atoms with E-state index in [1.807, 2.05) is 20.8 Å². The zero-order chi connectivity index (χ0) is 14.6. The lowest BCUT2D eigenvalue weighted by atomic mass is 9.99. The van der Waals surface area contributed by atoms with Gasteiger partial charge in [0.05, 0.1) is 0 Å². The molecule has 0 aromatic rings. The monoisotopic (exact) mass is 269 g/mol. The van der Waals surface area contributed by atoms with E-state index >= 15 is 0 Å². The third-order valence-corrected chi connectivity index (χ3v) is 3.79. The zero-order valence-electron chi connectivity index (χ0n) is 13.2. The smallest absolute Gasteiger partial charge is 0.222 e. The van der Waals surface area contributed by atoms with Crippen LogP contribution in [0.2, 0.25) is 0 Å². The third kappa shape index (κ3) is 5.11. The van der Waals surface area contributed by atoms with E-state index < -0.39 is 0 Å². The largest absolute Gasteiger partial charge is 0.351 e. The predicted octanol–water partition coefficient (Wildman–Crippen LogP) is 1.74. The lowest BCUT2D eigenvalue weighted by Gasteiger charge is -2.34. The minimum atomic E-state index is -0.168. The van der Waals surface area contributed by atoms with Gasteiger partial charge in [-0.05, 0) is 46.1 Å². The first-order chi connectivity index (χ1) is 8.74. The van der Waals surface area contributed by atoms with Crippen molar-refractivity contribution in [2.75, 3.05) is 13.1 Å². The van der Waals surface area contributed by atoms with Crippen LogP contribution in [-0.2, 0) is 4.79 Å². The highest BCUT2D eigenvalue weighted by Gasteiger charge is 2.33. The molecule has 1 rings (SSSR count). The topological polar surface area (TPSA) is 58.4 Å². The molecule has 1 heterocycles. The lowest BCUT2D eigenvalue weighted by Crippen LogP contribution is -2.49. The van der Waals surface area contributed by atoms with Crippen molar-refractivity contribution in [2.24, 2.45) is 11.7 Å². The molecule has 2 unspecified atom stereocenters. The fourth-order valence-corrected chi connectivity index (χ4v) is 3.00. The van der Waals surface area contributed by atoms with Crippen LogP contribution in [0.4, 0.5) is 0 Å². The molecule has 19 heavy (non-hydrogen) atoms. The Balaban J connectivity index is 2.60. The molecule has 0 aromatic carbocycles. The Morgan fingerprint density at radius 3 is 2.53 bits per heavy atom. The summed E-state index contributed by atoms with van der Waals surface area (Å²) in [5.74, 6) is 0.736. The molecule has 0 spiro atoms. The molecule has 1 aliphatic heterocycles. The van der Waals surface area contributed by atoms with Gasteiger partial charge in [-0.1, -0.05) is 13.8 Å². The van der Waals surface area contributed by atoms with Gasteiger partial charge in [-0.15, -0.1) is 0 Å². The minimum Gasteiger partial charge on any atom is -0.351 e. The van der Waals surface area contributed by atoms with Gasteiger partial charge in [0.2, 0.25) is 5.91 Å². The van der Waals surface area contributed by atoms with Crippen LogP contribution < -0.4 is 11.1 Å². The summed E-state index contributed by atoms with van der Waals surface area (Å²) < 4.78 is 0. The van der Waals surface area contributed by atoms with Crippen molar-refractivity contribution < 1.29 is 4.79 Å². The van der Waals surface area contributed by atoms with Gasteiger partial charge in [0, 0.05) is 30.6 Å². The highest BCUT2D eigenvalue weighted by atomic mass is 16.1. The van der Waals surface area contributed by atoms with Crippen molar-refractivity contribution in [1.82, 2.24) is 10.2 Å². The summed E-state index contributed by atoms with van der Waals surface area (Å²) in [6, 6.07) is 0.758. The number of rotatable bonds is 5. The molecular formula is C15H31N3O. The molecule has 1 fully saturated rings. The molecule has 2 atom stereocenters. The number of nitrogens with two attached hydrogens (primary N) is 1. The molecule has 3 N–H and O–H groups in total. The van der Waals surface area contributed by atoms with Crippen molar-refractivity contribution >= 4 is 5.91 Å². The molecule has 0 radical (unpaired) electrons. The summed E-state index contributed by atoms with van der Waals surface area (Å²) in [4.78, 5) is 14.5. The van der Waals surface area contributed by atoms with Gasteiger partial charge >= 0.3 is 0 Å². The first-order valence-electron chi connectivity index (χ1n) is 7.51. The van der Waals surface area contributed by atoms with Crippen LogP contribution in [0.25, 0.3) is 0 Å². The van der Waals surface area contributed by atoms with Crippen molar-refractivity contribution in [2.45, 2.75) is 71.5 Å². The summed E-state index contributed by atoms with van der Waals surface area (Å²) in [6.45, 7) is 12.2. The van der Waals surface area contributed by atoms with E-state index in [4.69, 9.17) is 5.73 Å². The van der Waals surface area contributed by atoms with E-state index in [0.717, 1.165) is 6.54 Å². The van der Waals surface area contributed by atoms with Gasteiger partial charge < -0.3 is 11.1 Å². The summed E-state index contributed by atoms with van der Waals surface area (Å²) >= 11 is 0. The molecule has 1 saturated heterocycles. The van der Waals surface area contributed by atoms with E-state index in [-0.39, 0.29) is 17.5 Å². The average molecular weight is 269 g/mol. The Morgan fingerprint density at radius 2 is 2.05 bits per heavy atom. The Labute approximate surface area is 118 Å². The van der Waals surface area contributed by atoms with Crippen molar-refractivity contribution in [3.05, 3.63) is 0 Å².